The number of hydrogen-bond donors (Lipinski definition) is 1. The van der Waals surface area contributed by atoms with E-state index < -0.39 is 30.2 Å². The van der Waals surface area contributed by atoms with E-state index in [1.54, 1.807) is 30.3 Å². The van der Waals surface area contributed by atoms with Crippen LogP contribution in [0, 0.1) is 18.4 Å². The summed E-state index contributed by atoms with van der Waals surface area (Å²) in [7, 11) is -5.92. The van der Waals surface area contributed by atoms with E-state index in [1.165, 1.54) is 10.4 Å². The zero-order chi connectivity index (χ0) is 24.7. The number of sulfonamides is 1. The monoisotopic (exact) mass is 475 g/mol. The molecule has 0 saturated carbocycles. The lowest BCUT2D eigenvalue weighted by molar-refractivity contribution is 0.160. The average Bonchev–Trinajstić information content (AvgIpc) is 2.70. The van der Waals surface area contributed by atoms with Crippen LogP contribution < -0.4 is 0 Å². The lowest BCUT2D eigenvalue weighted by Crippen LogP contribution is -2.47. The Hall–Kier alpha value is -1.65. The van der Waals surface area contributed by atoms with Crippen LogP contribution in [-0.2, 0) is 10.0 Å². The van der Waals surface area contributed by atoms with Crippen LogP contribution >= 0.6 is 0 Å². The minimum atomic E-state index is -3.85. The smallest absolute Gasteiger partial charge is 0.243 e. The normalized spacial score (nSPS) is 14.4. The number of benzene rings is 1. The SMILES string of the molecule is C=CCCN([C@@H](C=C)[C@H](O)C#C[Si](C(C)C)(C(C)C)C(C)C)S(=O)(=O)c1ccc(C)cc1. The molecule has 0 radical (unpaired) electrons. The highest BCUT2D eigenvalue weighted by atomic mass is 32.2. The van der Waals surface area contributed by atoms with Crippen molar-refractivity contribution in [1.82, 2.24) is 4.31 Å². The first-order chi connectivity index (χ1) is 14.9. The van der Waals surface area contributed by atoms with Crippen molar-refractivity contribution in [2.45, 2.75) is 88.6 Å². The molecule has 178 valence electrons. The van der Waals surface area contributed by atoms with Crippen LogP contribution in [0.1, 0.15) is 53.5 Å². The van der Waals surface area contributed by atoms with E-state index in [0.29, 0.717) is 23.0 Å². The van der Waals surface area contributed by atoms with E-state index in [-0.39, 0.29) is 11.4 Å². The van der Waals surface area contributed by atoms with Gasteiger partial charge >= 0.3 is 0 Å². The van der Waals surface area contributed by atoms with Crippen LogP contribution in [0.4, 0.5) is 0 Å². The third-order valence-corrected chi connectivity index (χ3v) is 14.6. The summed E-state index contributed by atoms with van der Waals surface area (Å²) in [6, 6.07) is 5.87. The maximum absolute atomic E-state index is 13.5. The van der Waals surface area contributed by atoms with E-state index >= 15 is 0 Å². The summed E-state index contributed by atoms with van der Waals surface area (Å²) < 4.78 is 28.2. The van der Waals surface area contributed by atoms with Crippen molar-refractivity contribution in [2.75, 3.05) is 6.54 Å². The molecule has 1 aromatic rings. The second-order valence-corrected chi connectivity index (χ2v) is 16.8. The van der Waals surface area contributed by atoms with Gasteiger partial charge in [0.2, 0.25) is 10.0 Å². The third-order valence-electron chi connectivity index (χ3n) is 6.38. The summed E-state index contributed by atoms with van der Waals surface area (Å²) in [6.45, 7) is 22.9. The van der Waals surface area contributed by atoms with Crippen molar-refractivity contribution in [3.63, 3.8) is 0 Å². The molecule has 0 aromatic heterocycles. The maximum Gasteiger partial charge on any atom is 0.243 e. The number of nitrogens with zero attached hydrogens (tertiary/aromatic N) is 1. The first-order valence-electron chi connectivity index (χ1n) is 11.4. The Balaban J connectivity index is 3.48. The van der Waals surface area contributed by atoms with Gasteiger partial charge in [-0.05, 0) is 42.1 Å². The van der Waals surface area contributed by atoms with Gasteiger partial charge in [0.05, 0.1) is 10.9 Å². The molecule has 0 saturated heterocycles. The first-order valence-corrected chi connectivity index (χ1v) is 15.1. The van der Waals surface area contributed by atoms with Gasteiger partial charge in [0.15, 0.2) is 0 Å². The maximum atomic E-state index is 13.5. The van der Waals surface area contributed by atoms with E-state index in [0.717, 1.165) is 5.56 Å². The fourth-order valence-electron chi connectivity index (χ4n) is 4.61. The van der Waals surface area contributed by atoms with Crippen molar-refractivity contribution in [3.8, 4) is 11.5 Å². The highest BCUT2D eigenvalue weighted by Gasteiger charge is 2.42. The lowest BCUT2D eigenvalue weighted by Gasteiger charge is -2.38. The molecule has 1 aromatic carbocycles. The van der Waals surface area contributed by atoms with Gasteiger partial charge in [0.1, 0.15) is 14.2 Å². The highest BCUT2D eigenvalue weighted by Crippen LogP contribution is 2.40. The Labute approximate surface area is 197 Å². The van der Waals surface area contributed by atoms with E-state index in [4.69, 9.17) is 0 Å². The average molecular weight is 476 g/mol. The zero-order valence-corrected chi connectivity index (χ0v) is 22.6. The zero-order valence-electron chi connectivity index (χ0n) is 20.8. The molecule has 0 heterocycles. The quantitative estimate of drug-likeness (QED) is 0.254. The second kappa shape index (κ2) is 12.0. The van der Waals surface area contributed by atoms with Gasteiger partial charge in [-0.2, -0.15) is 4.31 Å². The molecule has 4 nitrogen and oxygen atoms in total. The Morgan fingerprint density at radius 1 is 1.03 bits per heavy atom. The molecular weight excluding hydrogens is 434 g/mol. The second-order valence-electron chi connectivity index (χ2n) is 9.34. The molecule has 0 unspecified atom stereocenters. The van der Waals surface area contributed by atoms with Crippen molar-refractivity contribution >= 4 is 18.1 Å². The number of aryl methyl sites for hydroxylation is 1. The molecule has 0 fully saturated rings. The fourth-order valence-corrected chi connectivity index (χ4v) is 11.5. The largest absolute Gasteiger partial charge is 0.378 e. The third kappa shape index (κ3) is 6.23. The minimum absolute atomic E-state index is 0.189. The summed E-state index contributed by atoms with van der Waals surface area (Å²) in [4.78, 5) is 0.189. The van der Waals surface area contributed by atoms with Gasteiger partial charge in [-0.25, -0.2) is 8.42 Å². The van der Waals surface area contributed by atoms with Crippen LogP contribution in [0.5, 0.6) is 0 Å². The molecule has 0 aliphatic carbocycles. The summed E-state index contributed by atoms with van der Waals surface area (Å²) in [6.07, 6.45) is 2.44. The summed E-state index contributed by atoms with van der Waals surface area (Å²) in [5.74, 6) is 3.07. The molecule has 1 N–H and O–H groups in total. The van der Waals surface area contributed by atoms with Crippen LogP contribution in [-0.4, -0.2) is 44.6 Å². The molecule has 32 heavy (non-hydrogen) atoms. The summed E-state index contributed by atoms with van der Waals surface area (Å²) in [5, 5.41) is 11.1. The van der Waals surface area contributed by atoms with Gasteiger partial charge in [-0.3, -0.25) is 0 Å². The Morgan fingerprint density at radius 3 is 1.94 bits per heavy atom. The predicted molar refractivity (Wildman–Crippen MR) is 139 cm³/mol. The molecule has 0 spiro atoms. The van der Waals surface area contributed by atoms with Crippen LogP contribution in [0.2, 0.25) is 16.6 Å². The molecule has 2 atom stereocenters. The van der Waals surface area contributed by atoms with E-state index in [1.807, 2.05) is 6.92 Å². The molecule has 6 heteroatoms. The van der Waals surface area contributed by atoms with Crippen LogP contribution in [0.15, 0.2) is 54.5 Å². The van der Waals surface area contributed by atoms with Gasteiger partial charge in [0.25, 0.3) is 0 Å². The van der Waals surface area contributed by atoms with Gasteiger partial charge in [0, 0.05) is 6.54 Å². The predicted octanol–water partition coefficient (Wildman–Crippen LogP) is 5.70. The van der Waals surface area contributed by atoms with Gasteiger partial charge in [-0.1, -0.05) is 77.3 Å². The molecule has 0 amide bonds. The van der Waals surface area contributed by atoms with Gasteiger partial charge in [-0.15, -0.1) is 18.7 Å². The Morgan fingerprint density at radius 2 is 1.53 bits per heavy atom. The molecule has 0 aliphatic rings. The molecular formula is C26H41NO3SSi. The Bertz CT molecular complexity index is 902. The number of aliphatic hydroxyl groups is 1. The summed E-state index contributed by atoms with van der Waals surface area (Å²) >= 11 is 0. The lowest BCUT2D eigenvalue weighted by atomic mass is 10.1. The summed E-state index contributed by atoms with van der Waals surface area (Å²) in [5.41, 5.74) is 5.73. The highest BCUT2D eigenvalue weighted by molar-refractivity contribution is 7.89. The van der Waals surface area contributed by atoms with Crippen LogP contribution in [0.3, 0.4) is 0 Å². The van der Waals surface area contributed by atoms with E-state index in [9.17, 15) is 13.5 Å². The first kappa shape index (κ1) is 28.4. The number of hydrogen-bond acceptors (Lipinski definition) is 3. The molecule has 1 rings (SSSR count). The van der Waals surface area contributed by atoms with Crippen molar-refractivity contribution in [3.05, 3.63) is 55.1 Å². The topological polar surface area (TPSA) is 57.6 Å². The van der Waals surface area contributed by atoms with Crippen LogP contribution in [0.25, 0.3) is 0 Å². The van der Waals surface area contributed by atoms with Crippen molar-refractivity contribution in [1.29, 1.82) is 0 Å². The number of aliphatic hydroxyl groups excluding tert-OH is 1. The van der Waals surface area contributed by atoms with Crippen molar-refractivity contribution < 1.29 is 13.5 Å². The molecule has 0 aliphatic heterocycles. The van der Waals surface area contributed by atoms with E-state index in [2.05, 4.69) is 66.2 Å². The molecule has 0 bridgehead atoms. The minimum Gasteiger partial charge on any atom is -0.378 e. The van der Waals surface area contributed by atoms with Gasteiger partial charge < -0.3 is 5.11 Å². The number of rotatable bonds is 11. The standard InChI is InChI=1S/C26H41NO3SSi/c1-10-12-18-27(31(29,30)24-15-13-23(9)14-16-24)25(11-2)26(28)17-19-32(20(3)4,21(5)6)22(7)8/h10-11,13-16,20-22,25-26,28H,1-2,12,18H2,3-9H3/t25-,26+/m0/s1. The Kier molecular flexibility index (Phi) is 10.6. The van der Waals surface area contributed by atoms with Crippen molar-refractivity contribution in [2.24, 2.45) is 0 Å². The fraction of sp³-hybridized carbons (Fsp3) is 0.538.